The van der Waals surface area contributed by atoms with Gasteiger partial charge in [0.05, 0.1) is 11.2 Å². The van der Waals surface area contributed by atoms with Crippen molar-refractivity contribution in [3.8, 4) is 5.69 Å². The Kier molecular flexibility index (Phi) is 4.54. The molecule has 1 saturated carbocycles. The summed E-state index contributed by atoms with van der Waals surface area (Å²) in [6, 6.07) is 15.3. The highest BCUT2D eigenvalue weighted by atomic mass is 16.1. The van der Waals surface area contributed by atoms with E-state index in [0.717, 1.165) is 48.3 Å². The van der Waals surface area contributed by atoms with Gasteiger partial charge in [-0.2, -0.15) is 0 Å². The monoisotopic (exact) mass is 399 g/mol. The van der Waals surface area contributed by atoms with Gasteiger partial charge < -0.3 is 4.57 Å². The van der Waals surface area contributed by atoms with E-state index in [9.17, 15) is 9.59 Å². The van der Waals surface area contributed by atoms with E-state index < -0.39 is 0 Å². The zero-order valence-corrected chi connectivity index (χ0v) is 17.4. The van der Waals surface area contributed by atoms with Gasteiger partial charge in [-0.15, -0.1) is 0 Å². The summed E-state index contributed by atoms with van der Waals surface area (Å²) in [5.41, 5.74) is 2.66. The number of nitrogens with zero attached hydrogens (tertiary/aromatic N) is 3. The molecular weight excluding hydrogens is 374 g/mol. The van der Waals surface area contributed by atoms with Crippen molar-refractivity contribution in [3.05, 3.63) is 80.5 Å². The summed E-state index contributed by atoms with van der Waals surface area (Å²) in [4.78, 5) is 32.1. The van der Waals surface area contributed by atoms with Gasteiger partial charge in [-0.3, -0.25) is 14.2 Å². The molecule has 0 bridgehead atoms. The van der Waals surface area contributed by atoms with Crippen LogP contribution in [0.3, 0.4) is 0 Å². The maximum atomic E-state index is 13.8. The molecule has 30 heavy (non-hydrogen) atoms. The average Bonchev–Trinajstić information content (AvgIpc) is 2.78. The molecule has 5 heteroatoms. The Morgan fingerprint density at radius 3 is 2.37 bits per heavy atom. The van der Waals surface area contributed by atoms with Crippen LogP contribution in [-0.2, 0) is 7.05 Å². The Bertz CT molecular complexity index is 1370. The summed E-state index contributed by atoms with van der Waals surface area (Å²) < 4.78 is 3.58. The third-order valence-electron chi connectivity index (χ3n) is 6.41. The minimum Gasteiger partial charge on any atom is -0.328 e. The van der Waals surface area contributed by atoms with E-state index in [1.165, 1.54) is 6.42 Å². The highest BCUT2D eigenvalue weighted by Crippen LogP contribution is 2.32. The Hall–Kier alpha value is -3.21. The first-order chi connectivity index (χ1) is 14.6. The van der Waals surface area contributed by atoms with E-state index in [2.05, 4.69) is 0 Å². The predicted molar refractivity (Wildman–Crippen MR) is 121 cm³/mol. The smallest absolute Gasteiger partial charge is 0.271 e. The van der Waals surface area contributed by atoms with Crippen molar-refractivity contribution in [1.29, 1.82) is 0 Å². The lowest BCUT2D eigenvalue weighted by Crippen LogP contribution is -2.31. The molecule has 4 aromatic rings. The molecule has 2 heterocycles. The molecule has 0 unspecified atom stereocenters. The number of pyridine rings is 1. The SMILES string of the molecule is Cc1ccc(-n2c(C3CCCCC3)nc3c(c(=O)c4ccccc4n3C)c2=O)cc1. The minimum absolute atomic E-state index is 0.163. The number of hydrogen-bond donors (Lipinski definition) is 0. The first-order valence-electron chi connectivity index (χ1n) is 10.7. The lowest BCUT2D eigenvalue weighted by molar-refractivity contribution is 0.422. The normalized spacial score (nSPS) is 15.1. The maximum Gasteiger partial charge on any atom is 0.271 e. The van der Waals surface area contributed by atoms with Crippen LogP contribution >= 0.6 is 0 Å². The molecule has 5 nitrogen and oxygen atoms in total. The largest absolute Gasteiger partial charge is 0.328 e. The molecule has 0 atom stereocenters. The Morgan fingerprint density at radius 1 is 0.933 bits per heavy atom. The number of aromatic nitrogens is 3. The molecule has 152 valence electrons. The Morgan fingerprint density at radius 2 is 1.63 bits per heavy atom. The van der Waals surface area contributed by atoms with Gasteiger partial charge in [0.15, 0.2) is 5.65 Å². The number of benzene rings is 2. The van der Waals surface area contributed by atoms with Crippen LogP contribution in [-0.4, -0.2) is 14.1 Å². The Balaban J connectivity index is 1.92. The summed E-state index contributed by atoms with van der Waals surface area (Å²) in [7, 11) is 1.89. The average molecular weight is 399 g/mol. The first-order valence-corrected chi connectivity index (χ1v) is 10.7. The van der Waals surface area contributed by atoms with Crippen LogP contribution in [0.25, 0.3) is 27.6 Å². The minimum atomic E-state index is -0.268. The molecule has 2 aromatic heterocycles. The summed E-state index contributed by atoms with van der Waals surface area (Å²) >= 11 is 0. The van der Waals surface area contributed by atoms with Gasteiger partial charge in [0.2, 0.25) is 5.43 Å². The van der Waals surface area contributed by atoms with Gasteiger partial charge in [0.1, 0.15) is 11.2 Å². The molecule has 0 N–H and O–H groups in total. The van der Waals surface area contributed by atoms with Crippen molar-refractivity contribution in [2.45, 2.75) is 44.9 Å². The maximum absolute atomic E-state index is 13.8. The molecule has 0 amide bonds. The third kappa shape index (κ3) is 2.88. The van der Waals surface area contributed by atoms with Crippen molar-refractivity contribution in [2.75, 3.05) is 0 Å². The predicted octanol–water partition coefficient (Wildman–Crippen LogP) is 4.59. The van der Waals surface area contributed by atoms with E-state index in [-0.39, 0.29) is 22.3 Å². The van der Waals surface area contributed by atoms with E-state index in [0.29, 0.717) is 11.0 Å². The van der Waals surface area contributed by atoms with Crippen molar-refractivity contribution < 1.29 is 0 Å². The summed E-state index contributed by atoms with van der Waals surface area (Å²) in [6.07, 6.45) is 5.55. The van der Waals surface area contributed by atoms with Crippen LogP contribution in [0.5, 0.6) is 0 Å². The van der Waals surface area contributed by atoms with E-state index in [1.54, 1.807) is 10.6 Å². The van der Waals surface area contributed by atoms with Crippen LogP contribution < -0.4 is 11.0 Å². The molecular formula is C25H25N3O2. The summed E-state index contributed by atoms with van der Waals surface area (Å²) in [5, 5.41) is 0.712. The van der Waals surface area contributed by atoms with Crippen LogP contribution in [0.1, 0.15) is 49.4 Å². The van der Waals surface area contributed by atoms with Gasteiger partial charge in [0, 0.05) is 18.4 Å². The molecule has 1 fully saturated rings. The van der Waals surface area contributed by atoms with Gasteiger partial charge in [-0.25, -0.2) is 4.98 Å². The van der Waals surface area contributed by atoms with Crippen molar-refractivity contribution in [3.63, 3.8) is 0 Å². The van der Waals surface area contributed by atoms with Gasteiger partial charge in [-0.1, -0.05) is 49.1 Å². The fourth-order valence-electron chi connectivity index (χ4n) is 4.75. The van der Waals surface area contributed by atoms with Crippen LogP contribution in [0.4, 0.5) is 0 Å². The fraction of sp³-hybridized carbons (Fsp3) is 0.320. The van der Waals surface area contributed by atoms with Gasteiger partial charge in [-0.05, 0) is 44.0 Å². The highest BCUT2D eigenvalue weighted by molar-refractivity contribution is 5.91. The number of para-hydroxylation sites is 1. The number of hydrogen-bond acceptors (Lipinski definition) is 3. The lowest BCUT2D eigenvalue weighted by atomic mass is 9.88. The number of fused-ring (bicyclic) bond motifs is 2. The quantitative estimate of drug-likeness (QED) is 0.463. The second kappa shape index (κ2) is 7.24. The molecule has 0 aliphatic heterocycles. The van der Waals surface area contributed by atoms with Crippen LogP contribution in [0.15, 0.2) is 58.1 Å². The molecule has 5 rings (SSSR count). The van der Waals surface area contributed by atoms with E-state index in [4.69, 9.17) is 4.98 Å². The van der Waals surface area contributed by atoms with Crippen LogP contribution in [0.2, 0.25) is 0 Å². The first kappa shape index (κ1) is 18.8. The summed E-state index contributed by atoms with van der Waals surface area (Å²) in [6.45, 7) is 2.02. The fourth-order valence-corrected chi connectivity index (χ4v) is 4.75. The molecule has 1 aliphatic rings. The summed E-state index contributed by atoms with van der Waals surface area (Å²) in [5.74, 6) is 1.00. The number of aryl methyl sites for hydroxylation is 2. The third-order valence-corrected chi connectivity index (χ3v) is 6.41. The topological polar surface area (TPSA) is 56.9 Å². The molecule has 2 aromatic carbocycles. The molecule has 1 aliphatic carbocycles. The second-order valence-corrected chi connectivity index (χ2v) is 8.38. The standard InChI is InChI=1S/C25H25N3O2/c1-16-12-14-18(15-13-16)28-23(17-8-4-3-5-9-17)26-24-21(25(28)30)22(29)19-10-6-7-11-20(19)27(24)2/h6-7,10-15,17H,3-5,8-9H2,1-2H3. The highest BCUT2D eigenvalue weighted by Gasteiger charge is 2.25. The second-order valence-electron chi connectivity index (χ2n) is 8.38. The zero-order valence-electron chi connectivity index (χ0n) is 17.4. The van der Waals surface area contributed by atoms with Crippen molar-refractivity contribution in [1.82, 2.24) is 14.1 Å². The van der Waals surface area contributed by atoms with Gasteiger partial charge >= 0.3 is 0 Å². The Labute approximate surface area is 174 Å². The van der Waals surface area contributed by atoms with Crippen LogP contribution in [0, 0.1) is 6.92 Å². The molecule has 0 radical (unpaired) electrons. The lowest BCUT2D eigenvalue weighted by Gasteiger charge is -2.25. The number of rotatable bonds is 2. The molecule has 0 saturated heterocycles. The van der Waals surface area contributed by atoms with Gasteiger partial charge in [0.25, 0.3) is 5.56 Å². The van der Waals surface area contributed by atoms with E-state index >= 15 is 0 Å². The van der Waals surface area contributed by atoms with Crippen molar-refractivity contribution in [2.24, 2.45) is 7.05 Å². The molecule has 0 spiro atoms. The van der Waals surface area contributed by atoms with Crippen molar-refractivity contribution >= 4 is 21.9 Å². The van der Waals surface area contributed by atoms with E-state index in [1.807, 2.05) is 61.0 Å². The zero-order chi connectivity index (χ0) is 20.8.